The summed E-state index contributed by atoms with van der Waals surface area (Å²) in [6.45, 7) is 7.48. The number of halogens is 4. The van der Waals surface area contributed by atoms with Crippen molar-refractivity contribution < 1.29 is 32.3 Å². The fraction of sp³-hybridized carbons (Fsp3) is 0.417. The Hall–Kier alpha value is -3.94. The molecule has 0 saturated carbocycles. The number of nitrogens with zero attached hydrogens (tertiary/aromatic N) is 6. The number of likely N-dealkylation sites (N-methyl/N-ethyl adjacent to an activating group) is 1. The molecule has 0 aliphatic carbocycles. The van der Waals surface area contributed by atoms with Crippen molar-refractivity contribution in [2.45, 2.75) is 32.5 Å². The number of anilines is 3. The maximum absolute atomic E-state index is 14.4. The number of carboxylic acid groups (broad SMARTS) is 1. The Labute approximate surface area is 215 Å². The van der Waals surface area contributed by atoms with E-state index in [0.29, 0.717) is 29.8 Å². The lowest BCUT2D eigenvalue weighted by molar-refractivity contribution is -0.192. The molecule has 1 saturated heterocycles. The molecule has 2 aliphatic heterocycles. The molecule has 5 heterocycles. The largest absolute Gasteiger partial charge is 0.490 e. The van der Waals surface area contributed by atoms with Crippen LogP contribution in [0.25, 0.3) is 5.65 Å². The highest BCUT2D eigenvalue weighted by atomic mass is 19.4. The summed E-state index contributed by atoms with van der Waals surface area (Å²) in [5.41, 5.74) is 3.59. The van der Waals surface area contributed by atoms with Gasteiger partial charge in [0.15, 0.2) is 11.5 Å². The fourth-order valence-corrected chi connectivity index (χ4v) is 4.47. The van der Waals surface area contributed by atoms with E-state index in [1.807, 2.05) is 6.07 Å². The average Bonchev–Trinajstić information content (AvgIpc) is 3.44. The fourth-order valence-electron chi connectivity index (χ4n) is 4.47. The second-order valence-corrected chi connectivity index (χ2v) is 9.23. The van der Waals surface area contributed by atoms with E-state index in [1.54, 1.807) is 34.8 Å². The number of pyridine rings is 2. The van der Waals surface area contributed by atoms with Gasteiger partial charge in [-0.3, -0.25) is 4.90 Å². The molecule has 0 radical (unpaired) electrons. The number of fused-ring (bicyclic) bond motifs is 2. The van der Waals surface area contributed by atoms with Crippen LogP contribution in [-0.2, 0) is 11.2 Å². The zero-order valence-electron chi connectivity index (χ0n) is 21.0. The van der Waals surface area contributed by atoms with Gasteiger partial charge < -0.3 is 24.6 Å². The van der Waals surface area contributed by atoms with Crippen LogP contribution in [0.2, 0.25) is 0 Å². The van der Waals surface area contributed by atoms with Gasteiger partial charge in [0, 0.05) is 68.1 Å². The monoisotopic (exact) mass is 537 g/mol. The highest BCUT2D eigenvalue weighted by Crippen LogP contribution is 2.35. The standard InChI is InChI=1S/C22H26FN7O.C2HF3O2/c1-14-11-29-13-16(10-18(23)21(29)25-14)26-22(31)30-7-5-17-19(4-6-24-20(17)30)28-9-8-27(3)15(2)12-28;3-2(4,5)1(6)7/h4,6,10-11,13,15H,5,7-9,12H2,1-3H3,(H,26,31);(H,6,7)/t15-;/m0./s1. The molecule has 14 heteroatoms. The molecular weight excluding hydrogens is 510 g/mol. The molecule has 1 atom stereocenters. The molecule has 2 N–H and O–H groups in total. The number of carbonyl (C=O) groups is 2. The van der Waals surface area contributed by atoms with Gasteiger partial charge in [-0.2, -0.15) is 13.2 Å². The summed E-state index contributed by atoms with van der Waals surface area (Å²) in [5.74, 6) is -2.55. The second-order valence-electron chi connectivity index (χ2n) is 9.23. The van der Waals surface area contributed by atoms with Gasteiger partial charge in [0.2, 0.25) is 0 Å². The highest BCUT2D eigenvalue weighted by Gasteiger charge is 2.38. The Morgan fingerprint density at radius 1 is 1.18 bits per heavy atom. The van der Waals surface area contributed by atoms with Crippen LogP contribution in [-0.4, -0.2) is 81.8 Å². The van der Waals surface area contributed by atoms with E-state index >= 15 is 0 Å². The zero-order valence-corrected chi connectivity index (χ0v) is 21.0. The molecular formula is C24H27F4N7O3. The number of amides is 2. The molecule has 10 nitrogen and oxygen atoms in total. The van der Waals surface area contributed by atoms with Gasteiger partial charge in [-0.25, -0.2) is 23.9 Å². The minimum Gasteiger partial charge on any atom is -0.475 e. The molecule has 2 aliphatic rings. The van der Waals surface area contributed by atoms with Crippen LogP contribution in [0.15, 0.2) is 30.7 Å². The number of carboxylic acids is 1. The molecule has 3 aromatic rings. The van der Waals surface area contributed by atoms with Crippen molar-refractivity contribution in [3.05, 3.63) is 47.8 Å². The van der Waals surface area contributed by atoms with E-state index < -0.39 is 18.0 Å². The number of urea groups is 1. The van der Waals surface area contributed by atoms with Gasteiger partial charge >= 0.3 is 18.2 Å². The van der Waals surface area contributed by atoms with Gasteiger partial charge in [0.25, 0.3) is 0 Å². The Kier molecular flexibility index (Phi) is 7.44. The minimum atomic E-state index is -5.08. The maximum atomic E-state index is 14.4. The van der Waals surface area contributed by atoms with Crippen LogP contribution in [0, 0.1) is 12.7 Å². The third-order valence-corrected chi connectivity index (χ3v) is 6.52. The van der Waals surface area contributed by atoms with Crippen molar-refractivity contribution in [1.29, 1.82) is 0 Å². The maximum Gasteiger partial charge on any atom is 0.490 e. The van der Waals surface area contributed by atoms with E-state index in [0.717, 1.165) is 37.3 Å². The van der Waals surface area contributed by atoms with E-state index in [-0.39, 0.29) is 11.7 Å². The smallest absolute Gasteiger partial charge is 0.475 e. The number of aliphatic carboxylic acids is 1. The Bertz CT molecular complexity index is 1360. The number of imidazole rings is 1. The second kappa shape index (κ2) is 10.4. The molecule has 204 valence electrons. The third-order valence-electron chi connectivity index (χ3n) is 6.52. The number of aromatic nitrogens is 3. The van der Waals surface area contributed by atoms with E-state index in [4.69, 9.17) is 9.90 Å². The van der Waals surface area contributed by atoms with Crippen molar-refractivity contribution >= 4 is 34.8 Å². The predicted octanol–water partition coefficient (Wildman–Crippen LogP) is 3.55. The molecule has 5 rings (SSSR count). The van der Waals surface area contributed by atoms with Crippen LogP contribution < -0.4 is 15.1 Å². The molecule has 3 aromatic heterocycles. The zero-order chi connectivity index (χ0) is 27.8. The van der Waals surface area contributed by atoms with E-state index in [9.17, 15) is 22.4 Å². The number of nitrogens with one attached hydrogen (secondary N) is 1. The van der Waals surface area contributed by atoms with Crippen molar-refractivity contribution in [3.63, 3.8) is 0 Å². The van der Waals surface area contributed by atoms with E-state index in [1.165, 1.54) is 6.07 Å². The summed E-state index contributed by atoms with van der Waals surface area (Å²) in [4.78, 5) is 37.0. The van der Waals surface area contributed by atoms with E-state index in [2.05, 4.69) is 39.1 Å². The molecule has 0 spiro atoms. The lowest BCUT2D eigenvalue weighted by atomic mass is 10.1. The van der Waals surface area contributed by atoms with Gasteiger partial charge in [-0.1, -0.05) is 0 Å². The average molecular weight is 538 g/mol. The lowest BCUT2D eigenvalue weighted by Gasteiger charge is -2.39. The summed E-state index contributed by atoms with van der Waals surface area (Å²) >= 11 is 0. The summed E-state index contributed by atoms with van der Waals surface area (Å²) in [5, 5.41) is 9.94. The van der Waals surface area contributed by atoms with Crippen molar-refractivity contribution in [2.24, 2.45) is 0 Å². The first-order chi connectivity index (χ1) is 17.8. The van der Waals surface area contributed by atoms with Crippen molar-refractivity contribution in [3.8, 4) is 0 Å². The third kappa shape index (κ3) is 5.64. The number of aryl methyl sites for hydroxylation is 1. The van der Waals surface area contributed by atoms with Crippen LogP contribution in [0.3, 0.4) is 0 Å². The first-order valence-electron chi connectivity index (χ1n) is 11.8. The topological polar surface area (TPSA) is 106 Å². The number of hydrogen-bond acceptors (Lipinski definition) is 6. The molecule has 0 unspecified atom stereocenters. The first kappa shape index (κ1) is 27.1. The SMILES string of the molecule is Cc1cn2cc(NC(=O)N3CCc4c(N5CCN(C)[C@@H](C)C5)ccnc43)cc(F)c2n1.O=C(O)C(F)(F)F. The van der Waals surface area contributed by atoms with Crippen LogP contribution >= 0.6 is 0 Å². The molecule has 2 amide bonds. The number of hydrogen-bond donors (Lipinski definition) is 2. The van der Waals surface area contributed by atoms with Gasteiger partial charge in [0.1, 0.15) is 5.82 Å². The van der Waals surface area contributed by atoms with Crippen molar-refractivity contribution in [2.75, 3.05) is 48.3 Å². The first-order valence-corrected chi connectivity index (χ1v) is 11.8. The van der Waals surface area contributed by atoms with Crippen LogP contribution in [0.1, 0.15) is 18.2 Å². The van der Waals surface area contributed by atoms with Gasteiger partial charge in [-0.15, -0.1) is 0 Å². The minimum absolute atomic E-state index is 0.245. The van der Waals surface area contributed by atoms with Gasteiger partial charge in [-0.05, 0) is 33.4 Å². The molecule has 1 fully saturated rings. The Morgan fingerprint density at radius 2 is 1.89 bits per heavy atom. The van der Waals surface area contributed by atoms with Gasteiger partial charge in [0.05, 0.1) is 11.4 Å². The Balaban J connectivity index is 0.000000426. The summed E-state index contributed by atoms with van der Waals surface area (Å²) in [7, 11) is 2.15. The number of carbonyl (C=O) groups excluding carboxylic acids is 1. The summed E-state index contributed by atoms with van der Waals surface area (Å²) in [6, 6.07) is 3.50. The Morgan fingerprint density at radius 3 is 2.55 bits per heavy atom. The lowest BCUT2D eigenvalue weighted by Crippen LogP contribution is -2.50. The normalized spacial score (nSPS) is 17.7. The highest BCUT2D eigenvalue weighted by molar-refractivity contribution is 6.03. The molecule has 0 bridgehead atoms. The summed E-state index contributed by atoms with van der Waals surface area (Å²) in [6.07, 6.45) is 0.830. The quantitative estimate of drug-likeness (QED) is 0.482. The number of piperazine rings is 1. The van der Waals surface area contributed by atoms with Crippen LogP contribution in [0.5, 0.6) is 0 Å². The number of rotatable bonds is 2. The van der Waals surface area contributed by atoms with Crippen molar-refractivity contribution in [1.82, 2.24) is 19.3 Å². The molecule has 0 aromatic carbocycles. The number of alkyl halides is 3. The molecule has 38 heavy (non-hydrogen) atoms. The summed E-state index contributed by atoms with van der Waals surface area (Å²) < 4.78 is 47.7. The van der Waals surface area contributed by atoms with Crippen LogP contribution in [0.4, 0.5) is 39.5 Å². The predicted molar refractivity (Wildman–Crippen MR) is 132 cm³/mol.